The second-order valence-corrected chi connectivity index (χ2v) is 3.26. The molecule has 0 amide bonds. The molecule has 4 heteroatoms. The van der Waals surface area contributed by atoms with Crippen molar-refractivity contribution in [3.63, 3.8) is 0 Å². The highest BCUT2D eigenvalue weighted by Gasteiger charge is 2.07. The predicted octanol–water partition coefficient (Wildman–Crippen LogP) is 1.79. The molecule has 0 atom stereocenters. The van der Waals surface area contributed by atoms with E-state index in [4.69, 9.17) is 15.7 Å². The van der Waals surface area contributed by atoms with Crippen molar-refractivity contribution in [2.24, 2.45) is 5.73 Å². The highest BCUT2D eigenvalue weighted by molar-refractivity contribution is 9.10. The van der Waals surface area contributed by atoms with Crippen LogP contribution in [0.4, 0.5) is 0 Å². The lowest BCUT2D eigenvalue weighted by molar-refractivity contribution is 0.411. The quantitative estimate of drug-likeness (QED) is 0.858. The summed E-state index contributed by atoms with van der Waals surface area (Å²) in [4.78, 5) is 0. The molecule has 0 bridgehead atoms. The molecule has 2 N–H and O–H groups in total. The molecule has 0 fully saturated rings. The molecule has 1 aromatic carbocycles. The first-order valence-corrected chi connectivity index (χ1v) is 4.48. The molecular formula is C9H9BrN2O. The average molecular weight is 241 g/mol. The number of hydrogen-bond acceptors (Lipinski definition) is 3. The molecule has 0 saturated carbocycles. The van der Waals surface area contributed by atoms with E-state index in [-0.39, 0.29) is 0 Å². The van der Waals surface area contributed by atoms with Crippen LogP contribution in [0.15, 0.2) is 16.6 Å². The van der Waals surface area contributed by atoms with Crippen LogP contribution in [-0.4, -0.2) is 7.11 Å². The molecule has 0 aromatic heterocycles. The van der Waals surface area contributed by atoms with Gasteiger partial charge in [-0.1, -0.05) is 0 Å². The van der Waals surface area contributed by atoms with Crippen LogP contribution in [0, 0.1) is 11.3 Å². The maximum atomic E-state index is 8.71. The van der Waals surface area contributed by atoms with Crippen molar-refractivity contribution in [2.75, 3.05) is 7.11 Å². The normalized spacial score (nSPS) is 9.38. The number of methoxy groups -OCH3 is 1. The summed E-state index contributed by atoms with van der Waals surface area (Å²) in [6, 6.07) is 5.46. The van der Waals surface area contributed by atoms with Crippen LogP contribution in [-0.2, 0) is 6.54 Å². The number of nitrogens with two attached hydrogens (primary N) is 1. The molecule has 0 spiro atoms. The minimum atomic E-state index is 0.381. The van der Waals surface area contributed by atoms with Crippen molar-refractivity contribution < 1.29 is 4.74 Å². The first kappa shape index (κ1) is 10.0. The molecule has 0 unspecified atom stereocenters. The van der Waals surface area contributed by atoms with Crippen LogP contribution in [0.2, 0.25) is 0 Å². The number of hydrogen-bond donors (Lipinski definition) is 1. The van der Waals surface area contributed by atoms with E-state index in [2.05, 4.69) is 15.9 Å². The lowest BCUT2D eigenvalue weighted by Crippen LogP contribution is -1.99. The predicted molar refractivity (Wildman–Crippen MR) is 53.3 cm³/mol. The smallest absolute Gasteiger partial charge is 0.134 e. The summed E-state index contributed by atoms with van der Waals surface area (Å²) in [5.41, 5.74) is 6.93. The van der Waals surface area contributed by atoms with Gasteiger partial charge < -0.3 is 10.5 Å². The molecular weight excluding hydrogens is 232 g/mol. The zero-order valence-electron chi connectivity index (χ0n) is 7.17. The van der Waals surface area contributed by atoms with Crippen molar-refractivity contribution in [3.8, 4) is 11.8 Å². The van der Waals surface area contributed by atoms with Gasteiger partial charge in [0, 0.05) is 6.54 Å². The van der Waals surface area contributed by atoms with Gasteiger partial charge in [-0.05, 0) is 33.6 Å². The summed E-state index contributed by atoms with van der Waals surface area (Å²) >= 11 is 3.35. The largest absolute Gasteiger partial charge is 0.496 e. The molecule has 0 aliphatic heterocycles. The molecule has 1 aromatic rings. The molecule has 0 radical (unpaired) electrons. The number of benzene rings is 1. The van der Waals surface area contributed by atoms with Gasteiger partial charge in [-0.3, -0.25) is 0 Å². The molecule has 1 rings (SSSR count). The third kappa shape index (κ3) is 2.00. The number of nitrogens with zero attached hydrogens (tertiary/aromatic N) is 1. The van der Waals surface area contributed by atoms with Crippen molar-refractivity contribution in [3.05, 3.63) is 27.7 Å². The number of ether oxygens (including phenoxy) is 1. The first-order valence-electron chi connectivity index (χ1n) is 3.69. The van der Waals surface area contributed by atoms with E-state index in [9.17, 15) is 0 Å². The second-order valence-electron chi connectivity index (χ2n) is 2.47. The highest BCUT2D eigenvalue weighted by atomic mass is 79.9. The van der Waals surface area contributed by atoms with E-state index in [1.807, 2.05) is 6.07 Å². The third-order valence-electron chi connectivity index (χ3n) is 1.68. The maximum absolute atomic E-state index is 8.71. The Kier molecular flexibility index (Phi) is 3.29. The number of nitriles is 1. The monoisotopic (exact) mass is 240 g/mol. The fourth-order valence-electron chi connectivity index (χ4n) is 1.02. The average Bonchev–Trinajstić information content (AvgIpc) is 2.18. The van der Waals surface area contributed by atoms with Gasteiger partial charge in [-0.25, -0.2) is 0 Å². The van der Waals surface area contributed by atoms with Gasteiger partial charge in [0.05, 0.1) is 23.2 Å². The van der Waals surface area contributed by atoms with Crippen LogP contribution < -0.4 is 10.5 Å². The zero-order valence-corrected chi connectivity index (χ0v) is 8.76. The van der Waals surface area contributed by atoms with Gasteiger partial charge in [0.25, 0.3) is 0 Å². The lowest BCUT2D eigenvalue weighted by Gasteiger charge is -2.07. The minimum Gasteiger partial charge on any atom is -0.496 e. The Balaban J connectivity index is 3.30. The molecule has 0 saturated heterocycles. The minimum absolute atomic E-state index is 0.381. The Morgan fingerprint density at radius 3 is 2.77 bits per heavy atom. The fraction of sp³-hybridized carbons (Fsp3) is 0.222. The van der Waals surface area contributed by atoms with E-state index >= 15 is 0 Å². The lowest BCUT2D eigenvalue weighted by atomic mass is 10.1. The molecule has 0 aliphatic carbocycles. The van der Waals surface area contributed by atoms with Crippen molar-refractivity contribution in [1.82, 2.24) is 0 Å². The van der Waals surface area contributed by atoms with E-state index in [0.29, 0.717) is 17.9 Å². The highest BCUT2D eigenvalue weighted by Crippen LogP contribution is 2.29. The SMILES string of the molecule is COc1cc(C#N)cc(CN)c1Br. The number of rotatable bonds is 2. The topological polar surface area (TPSA) is 59.0 Å². The van der Waals surface area contributed by atoms with Crippen LogP contribution >= 0.6 is 15.9 Å². The van der Waals surface area contributed by atoms with E-state index in [1.165, 1.54) is 0 Å². The van der Waals surface area contributed by atoms with E-state index in [1.54, 1.807) is 19.2 Å². The summed E-state index contributed by atoms with van der Waals surface area (Å²) in [6.07, 6.45) is 0. The second kappa shape index (κ2) is 4.26. The molecule has 3 nitrogen and oxygen atoms in total. The first-order chi connectivity index (χ1) is 6.22. The molecule has 0 aliphatic rings. The fourth-order valence-corrected chi connectivity index (χ4v) is 1.57. The molecule has 13 heavy (non-hydrogen) atoms. The van der Waals surface area contributed by atoms with Gasteiger partial charge in [0.1, 0.15) is 5.75 Å². The van der Waals surface area contributed by atoms with Crippen LogP contribution in [0.25, 0.3) is 0 Å². The van der Waals surface area contributed by atoms with Crippen molar-refractivity contribution >= 4 is 15.9 Å². The van der Waals surface area contributed by atoms with Crippen molar-refractivity contribution in [1.29, 1.82) is 5.26 Å². The summed E-state index contributed by atoms with van der Waals surface area (Å²) < 4.78 is 5.89. The van der Waals surface area contributed by atoms with E-state index in [0.717, 1.165) is 10.0 Å². The Labute approximate surface area is 85.2 Å². The summed E-state index contributed by atoms with van der Waals surface area (Å²) in [5, 5.41) is 8.71. The maximum Gasteiger partial charge on any atom is 0.134 e. The Bertz CT molecular complexity index is 332. The van der Waals surface area contributed by atoms with Crippen LogP contribution in [0.3, 0.4) is 0 Å². The summed E-state index contributed by atoms with van der Waals surface area (Å²) in [5.74, 6) is 0.638. The van der Waals surface area contributed by atoms with Crippen LogP contribution in [0.1, 0.15) is 11.1 Å². The van der Waals surface area contributed by atoms with Gasteiger partial charge in [0.2, 0.25) is 0 Å². The Hall–Kier alpha value is -1.05. The Morgan fingerprint density at radius 2 is 2.31 bits per heavy atom. The van der Waals surface area contributed by atoms with Gasteiger partial charge in [0.15, 0.2) is 0 Å². The summed E-state index contributed by atoms with van der Waals surface area (Å²) in [7, 11) is 1.56. The zero-order chi connectivity index (χ0) is 9.84. The third-order valence-corrected chi connectivity index (χ3v) is 2.58. The van der Waals surface area contributed by atoms with E-state index < -0.39 is 0 Å². The molecule has 0 heterocycles. The standard InChI is InChI=1S/C9H9BrN2O/c1-13-8-3-6(4-11)2-7(5-12)9(8)10/h2-3H,5,12H2,1H3. The summed E-state index contributed by atoms with van der Waals surface area (Å²) in [6.45, 7) is 0.381. The van der Waals surface area contributed by atoms with Gasteiger partial charge >= 0.3 is 0 Å². The van der Waals surface area contributed by atoms with Crippen molar-refractivity contribution in [2.45, 2.75) is 6.54 Å². The molecule has 68 valence electrons. The van der Waals surface area contributed by atoms with Gasteiger partial charge in [-0.15, -0.1) is 0 Å². The Morgan fingerprint density at radius 1 is 1.62 bits per heavy atom. The van der Waals surface area contributed by atoms with Gasteiger partial charge in [-0.2, -0.15) is 5.26 Å². The number of halogens is 1. The van der Waals surface area contributed by atoms with Crippen LogP contribution in [0.5, 0.6) is 5.75 Å².